The minimum atomic E-state index is -1.09. The van der Waals surface area contributed by atoms with Crippen LogP contribution in [0.2, 0.25) is 0 Å². The number of nitrogens with zero attached hydrogens (tertiary/aromatic N) is 2. The van der Waals surface area contributed by atoms with Crippen LogP contribution in [0.1, 0.15) is 5.56 Å². The van der Waals surface area contributed by atoms with Gasteiger partial charge in [0.15, 0.2) is 5.16 Å². The van der Waals surface area contributed by atoms with Gasteiger partial charge < -0.3 is 9.90 Å². The number of carbonyl (C=O) groups excluding carboxylic acids is 1. The predicted molar refractivity (Wildman–Crippen MR) is 81.5 cm³/mol. The fourth-order valence-corrected chi connectivity index (χ4v) is 2.91. The van der Waals surface area contributed by atoms with Gasteiger partial charge in [0.2, 0.25) is 0 Å². The van der Waals surface area contributed by atoms with Crippen LogP contribution in [0.5, 0.6) is 0 Å². The molecule has 0 saturated heterocycles. The molecule has 0 aliphatic rings. The molecule has 0 amide bonds. The SMILES string of the molecule is Cc1ccc(-n2c(SCC(=O)[O-])nc3ccccc32)cc1.[K+]. The van der Waals surface area contributed by atoms with Gasteiger partial charge in [0.25, 0.3) is 0 Å². The number of imidazole rings is 1. The van der Waals surface area contributed by atoms with E-state index in [0.717, 1.165) is 16.7 Å². The number of aromatic nitrogens is 2. The molecule has 3 aromatic rings. The molecule has 0 atom stereocenters. The summed E-state index contributed by atoms with van der Waals surface area (Å²) < 4.78 is 1.97. The second-order valence-corrected chi connectivity index (χ2v) is 5.66. The topological polar surface area (TPSA) is 58.0 Å². The van der Waals surface area contributed by atoms with Gasteiger partial charge in [-0.15, -0.1) is 0 Å². The monoisotopic (exact) mass is 336 g/mol. The minimum absolute atomic E-state index is 0. The molecule has 6 heteroatoms. The first kappa shape index (κ1) is 17.7. The standard InChI is InChI=1S/C16H14N2O2S.K/c1-11-6-8-12(9-7-11)18-14-5-3-2-4-13(14)17-16(18)21-10-15(19)20;/h2-9H,10H2,1H3,(H,19,20);/q;+1/p-1. The van der Waals surface area contributed by atoms with Crippen LogP contribution >= 0.6 is 11.8 Å². The molecule has 22 heavy (non-hydrogen) atoms. The number of aliphatic carboxylic acids is 1. The van der Waals surface area contributed by atoms with E-state index in [1.165, 1.54) is 17.3 Å². The molecular weight excluding hydrogens is 323 g/mol. The molecule has 0 aliphatic heterocycles. The Balaban J connectivity index is 0.00000176. The molecule has 0 N–H and O–H groups in total. The van der Waals surface area contributed by atoms with Crippen LogP contribution in [0.25, 0.3) is 16.7 Å². The zero-order valence-corrected chi connectivity index (χ0v) is 16.4. The maximum atomic E-state index is 10.7. The van der Waals surface area contributed by atoms with E-state index in [1.807, 2.05) is 60.0 Å². The Hall–Kier alpha value is -0.634. The Morgan fingerprint density at radius 3 is 2.55 bits per heavy atom. The first-order valence-electron chi connectivity index (χ1n) is 6.52. The fourth-order valence-electron chi connectivity index (χ4n) is 2.17. The number of carbonyl (C=O) groups is 1. The largest absolute Gasteiger partial charge is 1.00 e. The number of para-hydroxylation sites is 2. The van der Waals surface area contributed by atoms with E-state index in [1.54, 1.807) is 0 Å². The van der Waals surface area contributed by atoms with Gasteiger partial charge in [0, 0.05) is 11.4 Å². The Kier molecular flexibility index (Phi) is 6.25. The van der Waals surface area contributed by atoms with E-state index in [0.29, 0.717) is 5.16 Å². The van der Waals surface area contributed by atoms with Crippen LogP contribution in [-0.4, -0.2) is 21.3 Å². The van der Waals surface area contributed by atoms with Crippen molar-refractivity contribution in [3.05, 3.63) is 54.1 Å². The molecule has 0 bridgehead atoms. The molecule has 0 saturated carbocycles. The van der Waals surface area contributed by atoms with Crippen LogP contribution in [-0.2, 0) is 4.79 Å². The van der Waals surface area contributed by atoms with Crippen molar-refractivity contribution in [3.63, 3.8) is 0 Å². The number of hydrogen-bond acceptors (Lipinski definition) is 4. The van der Waals surface area contributed by atoms with Crippen LogP contribution in [0.15, 0.2) is 53.7 Å². The first-order chi connectivity index (χ1) is 10.1. The molecule has 2 aromatic carbocycles. The summed E-state index contributed by atoms with van der Waals surface area (Å²) in [6, 6.07) is 15.8. The van der Waals surface area contributed by atoms with Crippen LogP contribution in [0.3, 0.4) is 0 Å². The summed E-state index contributed by atoms with van der Waals surface area (Å²) in [5.41, 5.74) is 3.95. The number of rotatable bonds is 4. The fraction of sp³-hybridized carbons (Fsp3) is 0.125. The Bertz CT molecular complexity index is 800. The average molecular weight is 336 g/mol. The number of fused-ring (bicyclic) bond motifs is 1. The second-order valence-electron chi connectivity index (χ2n) is 4.71. The third-order valence-corrected chi connectivity index (χ3v) is 4.05. The van der Waals surface area contributed by atoms with Crippen molar-refractivity contribution in [3.8, 4) is 5.69 Å². The molecule has 106 valence electrons. The van der Waals surface area contributed by atoms with Crippen molar-refractivity contribution in [1.29, 1.82) is 0 Å². The van der Waals surface area contributed by atoms with E-state index < -0.39 is 5.97 Å². The molecular formula is C16H13KN2O2S. The van der Waals surface area contributed by atoms with Gasteiger partial charge in [-0.2, -0.15) is 0 Å². The predicted octanol–water partition coefficient (Wildman–Crippen LogP) is -0.820. The molecule has 0 fully saturated rings. The van der Waals surface area contributed by atoms with E-state index >= 15 is 0 Å². The third-order valence-electron chi connectivity index (χ3n) is 3.14. The number of hydrogen-bond donors (Lipinski definition) is 0. The van der Waals surface area contributed by atoms with E-state index in [4.69, 9.17) is 0 Å². The van der Waals surface area contributed by atoms with Gasteiger partial charge in [0.1, 0.15) is 0 Å². The molecule has 0 aliphatic carbocycles. The van der Waals surface area contributed by atoms with Gasteiger partial charge >= 0.3 is 51.4 Å². The molecule has 0 unspecified atom stereocenters. The van der Waals surface area contributed by atoms with Gasteiger partial charge in [0.05, 0.1) is 17.0 Å². The molecule has 1 aromatic heterocycles. The van der Waals surface area contributed by atoms with Crippen LogP contribution in [0, 0.1) is 6.92 Å². The summed E-state index contributed by atoms with van der Waals surface area (Å²) in [4.78, 5) is 15.2. The maximum Gasteiger partial charge on any atom is 1.00 e. The molecule has 1 heterocycles. The van der Waals surface area contributed by atoms with Crippen molar-refractivity contribution < 1.29 is 61.3 Å². The molecule has 0 radical (unpaired) electrons. The summed E-state index contributed by atoms with van der Waals surface area (Å²) in [5.74, 6) is -1.21. The van der Waals surface area contributed by atoms with E-state index in [2.05, 4.69) is 4.98 Å². The summed E-state index contributed by atoms with van der Waals surface area (Å²) in [5, 5.41) is 11.4. The quantitative estimate of drug-likeness (QED) is 0.461. The van der Waals surface area contributed by atoms with Crippen molar-refractivity contribution in [1.82, 2.24) is 9.55 Å². The number of thioether (sulfide) groups is 1. The smallest absolute Gasteiger partial charge is 0.549 e. The van der Waals surface area contributed by atoms with Crippen molar-refractivity contribution in [2.45, 2.75) is 12.1 Å². The zero-order valence-electron chi connectivity index (χ0n) is 12.4. The first-order valence-corrected chi connectivity index (χ1v) is 7.51. The Morgan fingerprint density at radius 2 is 1.86 bits per heavy atom. The number of carboxylic acids is 1. The third kappa shape index (κ3) is 3.82. The average Bonchev–Trinajstić information content (AvgIpc) is 2.84. The number of carboxylic acid groups (broad SMARTS) is 1. The second kappa shape index (κ2) is 7.76. The molecule has 0 spiro atoms. The summed E-state index contributed by atoms with van der Waals surface area (Å²) in [7, 11) is 0. The number of benzene rings is 2. The van der Waals surface area contributed by atoms with Crippen LogP contribution < -0.4 is 56.5 Å². The van der Waals surface area contributed by atoms with Crippen molar-refractivity contribution >= 4 is 28.8 Å². The van der Waals surface area contributed by atoms with Crippen molar-refractivity contribution in [2.75, 3.05) is 5.75 Å². The van der Waals surface area contributed by atoms with Gasteiger partial charge in [-0.1, -0.05) is 41.6 Å². The Labute approximate surface area is 175 Å². The normalized spacial score (nSPS) is 10.4. The van der Waals surface area contributed by atoms with E-state index in [-0.39, 0.29) is 57.1 Å². The van der Waals surface area contributed by atoms with E-state index in [9.17, 15) is 9.90 Å². The maximum absolute atomic E-state index is 10.7. The zero-order chi connectivity index (χ0) is 14.8. The summed E-state index contributed by atoms with van der Waals surface area (Å²) in [6.07, 6.45) is 0. The van der Waals surface area contributed by atoms with Crippen LogP contribution in [0.4, 0.5) is 0 Å². The minimum Gasteiger partial charge on any atom is -0.549 e. The molecule has 3 rings (SSSR count). The van der Waals surface area contributed by atoms with Crippen molar-refractivity contribution in [2.24, 2.45) is 0 Å². The number of aryl methyl sites for hydroxylation is 1. The summed E-state index contributed by atoms with van der Waals surface area (Å²) in [6.45, 7) is 2.03. The summed E-state index contributed by atoms with van der Waals surface area (Å²) >= 11 is 1.17. The van der Waals surface area contributed by atoms with Gasteiger partial charge in [-0.25, -0.2) is 4.98 Å². The van der Waals surface area contributed by atoms with Gasteiger partial charge in [-0.05, 0) is 31.2 Å². The van der Waals surface area contributed by atoms with Gasteiger partial charge in [-0.3, -0.25) is 4.57 Å². The molecule has 4 nitrogen and oxygen atoms in total. The Morgan fingerprint density at radius 1 is 1.18 bits per heavy atom.